The van der Waals surface area contributed by atoms with Crippen LogP contribution in [0.4, 0.5) is 14.5 Å². The molecule has 3 heterocycles. The number of carbonyl (C=O) groups is 1. The van der Waals surface area contributed by atoms with Crippen LogP contribution >= 0.6 is 0 Å². The van der Waals surface area contributed by atoms with Crippen molar-refractivity contribution < 1.29 is 23.0 Å². The van der Waals surface area contributed by atoms with E-state index in [0.29, 0.717) is 36.3 Å². The van der Waals surface area contributed by atoms with Crippen molar-refractivity contribution in [2.45, 2.75) is 58.8 Å². The Morgan fingerprint density at radius 2 is 1.86 bits per heavy atom. The van der Waals surface area contributed by atoms with Gasteiger partial charge in [-0.15, -0.1) is 0 Å². The van der Waals surface area contributed by atoms with Crippen molar-refractivity contribution >= 4 is 22.7 Å². The summed E-state index contributed by atoms with van der Waals surface area (Å²) in [7, 11) is 1.37. The molecule has 0 atom stereocenters. The first-order valence-electron chi connectivity index (χ1n) is 15.4. The van der Waals surface area contributed by atoms with E-state index in [1.165, 1.54) is 18.3 Å². The predicted molar refractivity (Wildman–Crippen MR) is 162 cm³/mol. The van der Waals surface area contributed by atoms with E-state index in [0.717, 1.165) is 68.7 Å². The lowest BCUT2D eigenvalue weighted by Gasteiger charge is -2.72. The lowest BCUT2D eigenvalue weighted by Crippen LogP contribution is -2.66. The fourth-order valence-corrected chi connectivity index (χ4v) is 8.09. The van der Waals surface area contributed by atoms with Crippen LogP contribution in [-0.2, 0) is 4.74 Å². The monoisotopic (exact) mass is 590 g/mol. The molecule has 1 N–H and O–H groups in total. The van der Waals surface area contributed by atoms with Crippen molar-refractivity contribution in [1.29, 1.82) is 0 Å². The molecule has 3 saturated carbocycles. The summed E-state index contributed by atoms with van der Waals surface area (Å²) in [6, 6.07) is 9.44. The molecular weight excluding hydrogens is 550 g/mol. The smallest absolute Gasteiger partial charge is 0.341 e. The minimum Gasteiger partial charge on any atom is -0.465 e. The Kier molecular flexibility index (Phi) is 6.80. The number of nitrogens with one attached hydrogen (secondary N) is 1. The number of nitrogens with zero attached hydrogens (tertiary/aromatic N) is 3. The zero-order chi connectivity index (χ0) is 30.0. The molecule has 5 aliphatic rings. The Morgan fingerprint density at radius 3 is 2.58 bits per heavy atom. The number of rotatable bonds is 8. The number of aromatic nitrogens is 2. The normalized spacial score (nSPS) is 26.8. The predicted octanol–water partition coefficient (Wildman–Crippen LogP) is 7.21. The third kappa shape index (κ3) is 4.99. The number of fused-ring (bicyclic) bond motifs is 1. The zero-order valence-electron chi connectivity index (χ0n) is 25.2. The quantitative estimate of drug-likeness (QED) is 0.221. The Labute approximate surface area is 251 Å². The van der Waals surface area contributed by atoms with Gasteiger partial charge >= 0.3 is 5.97 Å². The highest BCUT2D eigenvalue weighted by Gasteiger charge is 2.73. The molecule has 228 valence electrons. The van der Waals surface area contributed by atoms with E-state index >= 15 is 0 Å². The van der Waals surface area contributed by atoms with Crippen LogP contribution in [0.2, 0.25) is 0 Å². The van der Waals surface area contributed by atoms with Gasteiger partial charge in [-0.05, 0) is 73.6 Å². The van der Waals surface area contributed by atoms with Crippen LogP contribution in [0.15, 0.2) is 53.9 Å². The summed E-state index contributed by atoms with van der Waals surface area (Å²) in [5.74, 6) is 0.523. The average molecular weight is 591 g/mol. The van der Waals surface area contributed by atoms with E-state index in [4.69, 9.17) is 9.47 Å². The number of alkyl halides is 2. The van der Waals surface area contributed by atoms with Gasteiger partial charge in [0.05, 0.1) is 13.3 Å². The van der Waals surface area contributed by atoms with Crippen molar-refractivity contribution in [2.24, 2.45) is 16.2 Å². The van der Waals surface area contributed by atoms with Gasteiger partial charge in [-0.1, -0.05) is 25.0 Å². The van der Waals surface area contributed by atoms with Crippen molar-refractivity contribution in [2.75, 3.05) is 44.7 Å². The summed E-state index contributed by atoms with van der Waals surface area (Å²) in [6.45, 7) is 9.12. The van der Waals surface area contributed by atoms with E-state index < -0.39 is 17.8 Å². The number of halogens is 2. The molecule has 0 radical (unpaired) electrons. The number of carbonyl (C=O) groups excluding carboxylic acids is 1. The van der Waals surface area contributed by atoms with Gasteiger partial charge in [0.2, 0.25) is 6.43 Å². The molecule has 0 amide bonds. The Morgan fingerprint density at radius 1 is 1.09 bits per heavy atom. The summed E-state index contributed by atoms with van der Waals surface area (Å²) in [5, 5.41) is 0.923. The number of pyridine rings is 1. The van der Waals surface area contributed by atoms with Crippen LogP contribution in [0.25, 0.3) is 11.0 Å². The Balaban J connectivity index is 1.05. The number of aromatic amines is 1. The van der Waals surface area contributed by atoms with Gasteiger partial charge in [-0.25, -0.2) is 18.6 Å². The number of H-pyrrole nitrogens is 1. The van der Waals surface area contributed by atoms with Gasteiger partial charge in [0.15, 0.2) is 0 Å². The molecule has 1 aromatic carbocycles. The van der Waals surface area contributed by atoms with Gasteiger partial charge < -0.3 is 19.4 Å². The summed E-state index contributed by atoms with van der Waals surface area (Å²) >= 11 is 0. The van der Waals surface area contributed by atoms with E-state index in [-0.39, 0.29) is 10.8 Å². The van der Waals surface area contributed by atoms with Crippen molar-refractivity contribution in [3.05, 3.63) is 59.4 Å². The molecule has 1 saturated heterocycles. The van der Waals surface area contributed by atoms with Crippen molar-refractivity contribution in [3.63, 3.8) is 0 Å². The fourth-order valence-electron chi connectivity index (χ4n) is 8.09. The van der Waals surface area contributed by atoms with Gasteiger partial charge in [-0.3, -0.25) is 4.90 Å². The molecule has 43 heavy (non-hydrogen) atoms. The molecule has 8 rings (SSSR count). The number of allylic oxidation sites excluding steroid dienone is 1. The number of methoxy groups -OCH3 is 1. The third-order valence-electron chi connectivity index (χ3n) is 10.5. The molecule has 9 heteroatoms. The second-order valence-corrected chi connectivity index (χ2v) is 14.0. The first-order chi connectivity index (χ1) is 20.6. The number of anilines is 1. The van der Waals surface area contributed by atoms with E-state index in [1.54, 1.807) is 12.3 Å². The maximum Gasteiger partial charge on any atom is 0.341 e. The number of ether oxygens (including phenoxy) is 2. The maximum absolute atomic E-state index is 13.6. The Bertz CT molecular complexity index is 1570. The van der Waals surface area contributed by atoms with Crippen LogP contribution in [0.3, 0.4) is 0 Å². The highest BCUT2D eigenvalue weighted by atomic mass is 19.3. The molecule has 2 aromatic heterocycles. The van der Waals surface area contributed by atoms with Crippen LogP contribution < -0.4 is 9.64 Å². The van der Waals surface area contributed by atoms with Crippen LogP contribution in [0.5, 0.6) is 11.5 Å². The summed E-state index contributed by atoms with van der Waals surface area (Å²) < 4.78 is 38.5. The molecule has 0 unspecified atom stereocenters. The maximum atomic E-state index is 13.6. The number of piperazine rings is 1. The zero-order valence-corrected chi connectivity index (χ0v) is 25.2. The van der Waals surface area contributed by atoms with Gasteiger partial charge in [0, 0.05) is 61.5 Å². The molecule has 4 fully saturated rings. The summed E-state index contributed by atoms with van der Waals surface area (Å²) in [5.41, 5.74) is 4.75. The minimum absolute atomic E-state index is 0.0458. The SMILES string of the molecule is COC(=O)c1ccc(N2CCN(CC3=C(C45CC(C(F)F)(C4)C5)CC(C)(C)CC3)CC2)cc1Oc1cnc2[nH]ccc2c1. The molecular formula is C34H40F2N4O3. The topological polar surface area (TPSA) is 70.7 Å². The van der Waals surface area contributed by atoms with Gasteiger partial charge in [0.25, 0.3) is 0 Å². The number of esters is 1. The van der Waals surface area contributed by atoms with Crippen LogP contribution in [0, 0.1) is 16.2 Å². The van der Waals surface area contributed by atoms with E-state index in [1.807, 2.05) is 30.5 Å². The van der Waals surface area contributed by atoms with Crippen LogP contribution in [-0.4, -0.2) is 67.1 Å². The second-order valence-electron chi connectivity index (χ2n) is 14.0. The Hall–Kier alpha value is -3.46. The fraction of sp³-hybridized carbons (Fsp3) is 0.529. The van der Waals surface area contributed by atoms with E-state index in [9.17, 15) is 13.6 Å². The summed E-state index contributed by atoms with van der Waals surface area (Å²) in [4.78, 5) is 24.9. The highest BCUT2D eigenvalue weighted by molar-refractivity contribution is 5.93. The third-order valence-corrected chi connectivity index (χ3v) is 10.5. The molecule has 2 bridgehead atoms. The number of hydrogen-bond donors (Lipinski definition) is 1. The standard InChI is InChI=1S/C34H40F2N4O3/c1-32(2)8-6-23(27(16-32)33-19-34(20-33,21-33)31(35)36)18-39-10-12-40(13-11-39)24-4-5-26(30(41)42-3)28(15-24)43-25-14-22-7-9-37-29(22)38-17-25/h4-5,7,9,14-15,17,31H,6,8,10-13,16,18-21H2,1-3H3,(H,37,38). The van der Waals surface area contributed by atoms with Gasteiger partial charge in [-0.2, -0.15) is 0 Å². The average Bonchev–Trinajstić information content (AvgIpc) is 3.41. The van der Waals surface area contributed by atoms with Crippen LogP contribution in [0.1, 0.15) is 62.7 Å². The number of benzene rings is 1. The van der Waals surface area contributed by atoms with E-state index in [2.05, 4.69) is 33.6 Å². The minimum atomic E-state index is -2.18. The summed E-state index contributed by atoms with van der Waals surface area (Å²) in [6.07, 6.45) is 6.60. The molecule has 3 aromatic rings. The van der Waals surface area contributed by atoms with Crippen molar-refractivity contribution in [3.8, 4) is 11.5 Å². The first-order valence-corrected chi connectivity index (χ1v) is 15.4. The molecule has 1 aliphatic heterocycles. The first kappa shape index (κ1) is 28.3. The number of hydrogen-bond acceptors (Lipinski definition) is 6. The molecule has 4 aliphatic carbocycles. The highest BCUT2D eigenvalue weighted by Crippen LogP contribution is 2.79. The lowest BCUT2D eigenvalue weighted by atomic mass is 9.32. The largest absolute Gasteiger partial charge is 0.465 e. The lowest BCUT2D eigenvalue weighted by molar-refractivity contribution is -0.250. The molecule has 0 spiro atoms. The van der Waals surface area contributed by atoms with Gasteiger partial charge in [0.1, 0.15) is 22.7 Å². The van der Waals surface area contributed by atoms with Crippen molar-refractivity contribution in [1.82, 2.24) is 14.9 Å². The molecule has 7 nitrogen and oxygen atoms in total. The second kappa shape index (κ2) is 10.3.